The lowest BCUT2D eigenvalue weighted by molar-refractivity contribution is -0.141. The molecule has 1 rings (SSSR count). The Morgan fingerprint density at radius 2 is 2.00 bits per heavy atom. The second kappa shape index (κ2) is 5.01. The molecule has 0 amide bonds. The predicted octanol–water partition coefficient (Wildman–Crippen LogP) is 2.99. The van der Waals surface area contributed by atoms with Crippen molar-refractivity contribution in [3.05, 3.63) is 34.9 Å². The minimum absolute atomic E-state index is 0.295. The monoisotopic (exact) mass is 212 g/mol. The van der Waals surface area contributed by atoms with Gasteiger partial charge in [-0.2, -0.15) is 0 Å². The van der Waals surface area contributed by atoms with Crippen LogP contribution in [0.25, 0.3) is 0 Å². The number of halogens is 1. The molecule has 0 aliphatic heterocycles. The van der Waals surface area contributed by atoms with Crippen molar-refractivity contribution in [3.8, 4) is 0 Å². The van der Waals surface area contributed by atoms with Crippen LogP contribution in [0.4, 0.5) is 0 Å². The zero-order chi connectivity index (χ0) is 10.6. The van der Waals surface area contributed by atoms with Crippen LogP contribution in [0.2, 0.25) is 5.02 Å². The van der Waals surface area contributed by atoms with E-state index in [2.05, 4.69) is 0 Å². The maximum atomic E-state index is 10.8. The molecule has 1 aromatic carbocycles. The highest BCUT2D eigenvalue weighted by Crippen LogP contribution is 2.15. The Hall–Kier alpha value is -1.02. The van der Waals surface area contributed by atoms with Gasteiger partial charge in [-0.25, -0.2) is 0 Å². The van der Waals surface area contributed by atoms with Crippen LogP contribution in [0, 0.1) is 5.92 Å². The number of hydrogen-bond donors (Lipinski definition) is 1. The average Bonchev–Trinajstić information content (AvgIpc) is 2.16. The Morgan fingerprint density at radius 3 is 2.43 bits per heavy atom. The molecule has 1 atom stereocenters. The molecular weight excluding hydrogens is 200 g/mol. The minimum atomic E-state index is -0.734. The Kier molecular flexibility index (Phi) is 3.96. The molecule has 0 aliphatic rings. The molecule has 0 aliphatic carbocycles. The van der Waals surface area contributed by atoms with Crippen LogP contribution >= 0.6 is 11.6 Å². The highest BCUT2D eigenvalue weighted by molar-refractivity contribution is 6.30. The summed E-state index contributed by atoms with van der Waals surface area (Å²) in [6.45, 7) is 1.88. The summed E-state index contributed by atoms with van der Waals surface area (Å²) < 4.78 is 0. The summed E-state index contributed by atoms with van der Waals surface area (Å²) in [5, 5.41) is 9.54. The van der Waals surface area contributed by atoms with Crippen LogP contribution in [0.15, 0.2) is 24.3 Å². The third-order valence-corrected chi connectivity index (χ3v) is 2.49. The molecule has 76 valence electrons. The maximum absolute atomic E-state index is 10.8. The first kappa shape index (κ1) is 11.1. The lowest BCUT2D eigenvalue weighted by Gasteiger charge is -2.09. The molecule has 1 aromatic rings. The van der Waals surface area contributed by atoms with Crippen molar-refractivity contribution in [1.82, 2.24) is 0 Å². The van der Waals surface area contributed by atoms with Gasteiger partial charge in [0.1, 0.15) is 0 Å². The van der Waals surface area contributed by atoms with Gasteiger partial charge in [0.15, 0.2) is 0 Å². The molecule has 3 heteroatoms. The zero-order valence-corrected chi connectivity index (χ0v) is 8.79. The number of aliphatic carboxylic acids is 1. The Labute approximate surface area is 88.5 Å². The standard InChI is InChI=1S/C11H13ClO2/c1-2-9(11(13)14)7-8-3-5-10(12)6-4-8/h3-6,9H,2,7H2,1H3,(H,13,14). The summed E-state index contributed by atoms with van der Waals surface area (Å²) in [5.41, 5.74) is 1.02. The van der Waals surface area contributed by atoms with Crippen molar-refractivity contribution in [2.45, 2.75) is 19.8 Å². The maximum Gasteiger partial charge on any atom is 0.306 e. The van der Waals surface area contributed by atoms with E-state index in [4.69, 9.17) is 16.7 Å². The van der Waals surface area contributed by atoms with Crippen LogP contribution in [0.1, 0.15) is 18.9 Å². The number of benzene rings is 1. The fourth-order valence-corrected chi connectivity index (χ4v) is 1.44. The van der Waals surface area contributed by atoms with E-state index in [0.29, 0.717) is 17.9 Å². The summed E-state index contributed by atoms with van der Waals surface area (Å²) in [5.74, 6) is -1.03. The van der Waals surface area contributed by atoms with Gasteiger partial charge in [-0.1, -0.05) is 30.7 Å². The third-order valence-electron chi connectivity index (χ3n) is 2.24. The van der Waals surface area contributed by atoms with Crippen LogP contribution in [0.5, 0.6) is 0 Å². The SMILES string of the molecule is CCC(Cc1ccc(Cl)cc1)C(=O)O. The average molecular weight is 213 g/mol. The number of carbonyl (C=O) groups is 1. The largest absolute Gasteiger partial charge is 0.481 e. The van der Waals surface area contributed by atoms with E-state index in [1.165, 1.54) is 0 Å². The minimum Gasteiger partial charge on any atom is -0.481 e. The summed E-state index contributed by atoms with van der Waals surface area (Å²) in [7, 11) is 0. The first-order valence-corrected chi connectivity index (χ1v) is 4.98. The van der Waals surface area contributed by atoms with Gasteiger partial charge >= 0.3 is 5.97 Å². The van der Waals surface area contributed by atoms with E-state index >= 15 is 0 Å². The second-order valence-corrected chi connectivity index (χ2v) is 3.71. The third kappa shape index (κ3) is 3.04. The van der Waals surface area contributed by atoms with Crippen LogP contribution in [0.3, 0.4) is 0 Å². The normalized spacial score (nSPS) is 12.4. The van der Waals surface area contributed by atoms with Gasteiger partial charge in [0.25, 0.3) is 0 Å². The Morgan fingerprint density at radius 1 is 1.43 bits per heavy atom. The van der Waals surface area contributed by atoms with E-state index < -0.39 is 5.97 Å². The molecule has 14 heavy (non-hydrogen) atoms. The summed E-state index contributed by atoms with van der Waals surface area (Å²) >= 11 is 5.73. The lowest BCUT2D eigenvalue weighted by Crippen LogP contribution is -2.15. The van der Waals surface area contributed by atoms with E-state index in [1.54, 1.807) is 12.1 Å². The van der Waals surface area contributed by atoms with Crippen molar-refractivity contribution in [3.63, 3.8) is 0 Å². The van der Waals surface area contributed by atoms with Gasteiger partial charge in [0, 0.05) is 5.02 Å². The number of carboxylic acids is 1. The highest BCUT2D eigenvalue weighted by atomic mass is 35.5. The number of hydrogen-bond acceptors (Lipinski definition) is 1. The van der Waals surface area contributed by atoms with Crippen molar-refractivity contribution in [2.24, 2.45) is 5.92 Å². The van der Waals surface area contributed by atoms with Crippen molar-refractivity contribution < 1.29 is 9.90 Å². The molecule has 0 fully saturated rings. The molecule has 0 saturated heterocycles. The van der Waals surface area contributed by atoms with E-state index in [0.717, 1.165) is 5.56 Å². The predicted molar refractivity (Wildman–Crippen MR) is 56.6 cm³/mol. The van der Waals surface area contributed by atoms with Gasteiger partial charge < -0.3 is 5.11 Å². The first-order chi connectivity index (χ1) is 6.63. The van der Waals surface area contributed by atoms with Crippen LogP contribution in [-0.2, 0) is 11.2 Å². The van der Waals surface area contributed by atoms with Gasteiger partial charge in [0.05, 0.1) is 5.92 Å². The van der Waals surface area contributed by atoms with Gasteiger partial charge in [0.2, 0.25) is 0 Å². The molecule has 0 heterocycles. The molecule has 0 spiro atoms. The second-order valence-electron chi connectivity index (χ2n) is 3.27. The van der Waals surface area contributed by atoms with Crippen molar-refractivity contribution >= 4 is 17.6 Å². The van der Waals surface area contributed by atoms with Gasteiger partial charge in [-0.05, 0) is 30.5 Å². The highest BCUT2D eigenvalue weighted by Gasteiger charge is 2.14. The topological polar surface area (TPSA) is 37.3 Å². The van der Waals surface area contributed by atoms with E-state index in [-0.39, 0.29) is 5.92 Å². The molecular formula is C11H13ClO2. The fourth-order valence-electron chi connectivity index (χ4n) is 1.31. The number of carboxylic acid groups (broad SMARTS) is 1. The van der Waals surface area contributed by atoms with Crippen molar-refractivity contribution in [1.29, 1.82) is 0 Å². The Balaban J connectivity index is 2.67. The van der Waals surface area contributed by atoms with E-state index in [9.17, 15) is 4.79 Å². The first-order valence-electron chi connectivity index (χ1n) is 4.60. The zero-order valence-electron chi connectivity index (χ0n) is 8.03. The molecule has 0 radical (unpaired) electrons. The van der Waals surface area contributed by atoms with Crippen LogP contribution in [-0.4, -0.2) is 11.1 Å². The van der Waals surface area contributed by atoms with Gasteiger partial charge in [-0.15, -0.1) is 0 Å². The summed E-state index contributed by atoms with van der Waals surface area (Å²) in [6, 6.07) is 7.30. The Bertz CT molecular complexity index is 306. The fraction of sp³-hybridized carbons (Fsp3) is 0.364. The van der Waals surface area contributed by atoms with E-state index in [1.807, 2.05) is 19.1 Å². The molecule has 2 nitrogen and oxygen atoms in total. The molecule has 0 bridgehead atoms. The van der Waals surface area contributed by atoms with Crippen LogP contribution < -0.4 is 0 Å². The molecule has 0 saturated carbocycles. The summed E-state index contributed by atoms with van der Waals surface area (Å²) in [6.07, 6.45) is 1.22. The lowest BCUT2D eigenvalue weighted by atomic mass is 9.97. The van der Waals surface area contributed by atoms with Gasteiger partial charge in [-0.3, -0.25) is 4.79 Å². The summed E-state index contributed by atoms with van der Waals surface area (Å²) in [4.78, 5) is 10.8. The molecule has 1 N–H and O–H groups in total. The molecule has 0 aromatic heterocycles. The molecule has 1 unspecified atom stereocenters. The quantitative estimate of drug-likeness (QED) is 0.833. The number of rotatable bonds is 4. The smallest absolute Gasteiger partial charge is 0.306 e. The van der Waals surface area contributed by atoms with Crippen molar-refractivity contribution in [2.75, 3.05) is 0 Å².